The molecule has 4 nitrogen and oxygen atoms in total. The van der Waals surface area contributed by atoms with Gasteiger partial charge in [-0.05, 0) is 24.1 Å². The van der Waals surface area contributed by atoms with E-state index in [1.165, 1.54) is 0 Å². The smallest absolute Gasteiger partial charge is 0.138 e. The fraction of sp³-hybridized carbons (Fsp3) is 0.333. The Morgan fingerprint density at radius 1 is 1.15 bits per heavy atom. The molecule has 1 aliphatic rings. The third-order valence-electron chi connectivity index (χ3n) is 3.46. The molecule has 1 saturated heterocycles. The number of morpholine rings is 1. The van der Waals surface area contributed by atoms with Gasteiger partial charge in [0.1, 0.15) is 5.75 Å². The molecular weight excluding hydrogens is 272 g/mol. The topological polar surface area (TPSA) is 44.7 Å². The third kappa shape index (κ3) is 2.57. The summed E-state index contributed by atoms with van der Waals surface area (Å²) in [5.74, 6) is 0.357. The number of phenols is 1. The van der Waals surface area contributed by atoms with Gasteiger partial charge in [0.15, 0.2) is 0 Å². The Labute approximate surface area is 122 Å². The number of anilines is 1. The van der Waals surface area contributed by atoms with Gasteiger partial charge in [-0.1, -0.05) is 18.2 Å². The van der Waals surface area contributed by atoms with Crippen molar-refractivity contribution in [3.8, 4) is 5.75 Å². The molecule has 0 radical (unpaired) electrons. The van der Waals surface area contributed by atoms with Crippen LogP contribution >= 0.6 is 11.9 Å². The van der Waals surface area contributed by atoms with Crippen molar-refractivity contribution < 1.29 is 9.84 Å². The lowest BCUT2D eigenvalue weighted by atomic mass is 10.1. The molecule has 5 heteroatoms. The molecule has 20 heavy (non-hydrogen) atoms. The summed E-state index contributed by atoms with van der Waals surface area (Å²) in [6.45, 7) is 3.29. The zero-order valence-corrected chi connectivity index (χ0v) is 12.2. The maximum absolute atomic E-state index is 10.5. The molecule has 1 aliphatic heterocycles. The number of phenolic OH excluding ortho intramolecular Hbond substituents is 1. The van der Waals surface area contributed by atoms with Crippen LogP contribution in [-0.4, -0.2) is 42.8 Å². The molecule has 3 rings (SSSR count). The highest BCUT2D eigenvalue weighted by Crippen LogP contribution is 2.39. The number of benzene rings is 2. The normalized spacial score (nSPS) is 16.4. The van der Waals surface area contributed by atoms with Gasteiger partial charge in [0.25, 0.3) is 0 Å². The second-order valence-corrected chi connectivity index (χ2v) is 5.83. The first kappa shape index (κ1) is 13.5. The second-order valence-electron chi connectivity index (χ2n) is 4.70. The van der Waals surface area contributed by atoms with Gasteiger partial charge in [-0.15, -0.1) is 0 Å². The Morgan fingerprint density at radius 3 is 2.70 bits per heavy atom. The van der Waals surface area contributed by atoms with Crippen molar-refractivity contribution in [3.05, 3.63) is 30.3 Å². The van der Waals surface area contributed by atoms with Crippen LogP contribution in [0.4, 0.5) is 5.69 Å². The fourth-order valence-electron chi connectivity index (χ4n) is 2.39. The zero-order valence-electron chi connectivity index (χ0n) is 11.4. The Kier molecular flexibility index (Phi) is 4.00. The summed E-state index contributed by atoms with van der Waals surface area (Å²) >= 11 is 1.60. The average Bonchev–Trinajstić information content (AvgIpc) is 2.51. The van der Waals surface area contributed by atoms with Crippen LogP contribution in [0.2, 0.25) is 0 Å². The molecule has 0 unspecified atom stereocenters. The van der Waals surface area contributed by atoms with Crippen molar-refractivity contribution in [2.24, 2.45) is 0 Å². The Morgan fingerprint density at radius 2 is 1.95 bits per heavy atom. The van der Waals surface area contributed by atoms with Crippen LogP contribution in [0.5, 0.6) is 5.75 Å². The summed E-state index contributed by atoms with van der Waals surface area (Å²) in [5.41, 5.74) is 1.03. The van der Waals surface area contributed by atoms with E-state index in [4.69, 9.17) is 4.74 Å². The summed E-state index contributed by atoms with van der Waals surface area (Å²) in [4.78, 5) is 0.896. The molecule has 0 aromatic heterocycles. The number of hydrogen-bond acceptors (Lipinski definition) is 5. The molecular formula is C15H18N2O2S. The number of nitrogens with zero attached hydrogens (tertiary/aromatic N) is 1. The molecule has 0 bridgehead atoms. The zero-order chi connectivity index (χ0) is 13.9. The second kappa shape index (κ2) is 5.91. The lowest BCUT2D eigenvalue weighted by Crippen LogP contribution is -2.30. The number of hydrogen-bond donors (Lipinski definition) is 2. The Hall–Kier alpha value is -1.43. The van der Waals surface area contributed by atoms with Gasteiger partial charge in [0, 0.05) is 36.6 Å². The Bertz CT molecular complexity index is 612. The van der Waals surface area contributed by atoms with E-state index < -0.39 is 0 Å². The first-order valence-corrected chi connectivity index (χ1v) is 7.50. The van der Waals surface area contributed by atoms with Crippen molar-refractivity contribution >= 4 is 28.4 Å². The predicted octanol–water partition coefficient (Wildman–Crippen LogP) is 2.93. The van der Waals surface area contributed by atoms with Crippen molar-refractivity contribution in [1.82, 2.24) is 4.31 Å². The number of rotatable bonds is 3. The van der Waals surface area contributed by atoms with Crippen LogP contribution in [0.3, 0.4) is 0 Å². The van der Waals surface area contributed by atoms with E-state index in [1.54, 1.807) is 11.9 Å². The molecule has 0 spiro atoms. The molecule has 2 aromatic rings. The van der Waals surface area contributed by atoms with Gasteiger partial charge in [-0.25, -0.2) is 4.31 Å². The molecule has 2 aromatic carbocycles. The molecule has 1 heterocycles. The van der Waals surface area contributed by atoms with Gasteiger partial charge < -0.3 is 15.2 Å². The minimum Gasteiger partial charge on any atom is -0.506 e. The van der Waals surface area contributed by atoms with Crippen LogP contribution < -0.4 is 5.32 Å². The third-order valence-corrected chi connectivity index (χ3v) is 4.61. The maximum atomic E-state index is 10.5. The van der Waals surface area contributed by atoms with E-state index in [0.29, 0.717) is 5.75 Å². The van der Waals surface area contributed by atoms with Crippen molar-refractivity contribution in [1.29, 1.82) is 0 Å². The largest absolute Gasteiger partial charge is 0.506 e. The number of nitrogens with one attached hydrogen (secondary N) is 1. The molecule has 0 amide bonds. The first-order chi connectivity index (χ1) is 9.79. The first-order valence-electron chi connectivity index (χ1n) is 6.72. The van der Waals surface area contributed by atoms with E-state index in [2.05, 4.69) is 15.7 Å². The van der Waals surface area contributed by atoms with E-state index in [1.807, 2.05) is 31.3 Å². The summed E-state index contributed by atoms with van der Waals surface area (Å²) in [5, 5.41) is 15.6. The van der Waals surface area contributed by atoms with E-state index in [0.717, 1.165) is 47.7 Å². The highest BCUT2D eigenvalue weighted by Gasteiger charge is 2.15. The van der Waals surface area contributed by atoms with E-state index >= 15 is 0 Å². The molecule has 0 saturated carbocycles. The van der Waals surface area contributed by atoms with Gasteiger partial charge in [-0.2, -0.15) is 0 Å². The van der Waals surface area contributed by atoms with Gasteiger partial charge in [0.05, 0.1) is 18.1 Å². The molecule has 1 fully saturated rings. The van der Waals surface area contributed by atoms with Crippen molar-refractivity contribution in [2.75, 3.05) is 38.7 Å². The minimum atomic E-state index is 0.357. The van der Waals surface area contributed by atoms with Crippen LogP contribution in [0.15, 0.2) is 35.2 Å². The summed E-state index contributed by atoms with van der Waals surface area (Å²) in [6.07, 6.45) is 0. The highest BCUT2D eigenvalue weighted by atomic mass is 32.2. The monoisotopic (exact) mass is 290 g/mol. The average molecular weight is 290 g/mol. The Balaban J connectivity index is 1.94. The van der Waals surface area contributed by atoms with Crippen LogP contribution in [0, 0.1) is 0 Å². The standard InChI is InChI=1S/C15H18N2O2S/c1-16-13-4-2-3-12-11(13)5-6-14(15(12)18)20-17-7-9-19-10-8-17/h2-6,16,18H,7-10H2,1H3. The van der Waals surface area contributed by atoms with Gasteiger partial charge in [0.2, 0.25) is 0 Å². The van der Waals surface area contributed by atoms with Crippen LogP contribution in [0.25, 0.3) is 10.8 Å². The van der Waals surface area contributed by atoms with Gasteiger partial charge in [-0.3, -0.25) is 0 Å². The van der Waals surface area contributed by atoms with E-state index in [9.17, 15) is 5.11 Å². The molecule has 2 N–H and O–H groups in total. The fourth-order valence-corrected chi connectivity index (χ4v) is 3.33. The van der Waals surface area contributed by atoms with Crippen LogP contribution in [0.1, 0.15) is 0 Å². The lowest BCUT2D eigenvalue weighted by molar-refractivity contribution is 0.0773. The number of aromatic hydroxyl groups is 1. The minimum absolute atomic E-state index is 0.357. The lowest BCUT2D eigenvalue weighted by Gasteiger charge is -2.25. The van der Waals surface area contributed by atoms with E-state index in [-0.39, 0.29) is 0 Å². The number of ether oxygens (including phenoxy) is 1. The van der Waals surface area contributed by atoms with Gasteiger partial charge >= 0.3 is 0 Å². The maximum Gasteiger partial charge on any atom is 0.138 e. The number of fused-ring (bicyclic) bond motifs is 1. The predicted molar refractivity (Wildman–Crippen MR) is 83.4 cm³/mol. The molecule has 0 aliphatic carbocycles. The van der Waals surface area contributed by atoms with Crippen LogP contribution in [-0.2, 0) is 4.74 Å². The summed E-state index contributed by atoms with van der Waals surface area (Å²) in [7, 11) is 1.89. The van der Waals surface area contributed by atoms with Crippen molar-refractivity contribution in [3.63, 3.8) is 0 Å². The quantitative estimate of drug-likeness (QED) is 0.851. The summed E-state index contributed by atoms with van der Waals surface area (Å²) in [6, 6.07) is 9.96. The van der Waals surface area contributed by atoms with Crippen molar-refractivity contribution in [2.45, 2.75) is 4.90 Å². The molecule has 0 atom stereocenters. The highest BCUT2D eigenvalue weighted by molar-refractivity contribution is 7.97. The SMILES string of the molecule is CNc1cccc2c(O)c(SN3CCOCC3)ccc12. The molecule has 106 valence electrons. The summed E-state index contributed by atoms with van der Waals surface area (Å²) < 4.78 is 7.57.